The normalized spacial score (nSPS) is 13.7. The van der Waals surface area contributed by atoms with Crippen LogP contribution in [0.2, 0.25) is 0 Å². The minimum atomic E-state index is -0.622. The summed E-state index contributed by atoms with van der Waals surface area (Å²) in [6.45, 7) is 0. The molecule has 1 aliphatic heterocycles. The standard InChI is InChI=1S/C15H14N2O6/c1-22-14(18)10-7-11(15(19)23-2)9-16(8-10)12-5-3-4-6-13(12)17(20)21/h3-6,8-9H,7H2,1-2H3. The number of methoxy groups -OCH3 is 2. The Morgan fingerprint density at radius 1 is 1.09 bits per heavy atom. The van der Waals surface area contributed by atoms with Gasteiger partial charge in [0.25, 0.3) is 5.69 Å². The van der Waals surface area contributed by atoms with Crippen molar-refractivity contribution in [3.05, 3.63) is 57.9 Å². The molecule has 0 saturated heterocycles. The molecule has 8 heteroatoms. The first kappa shape index (κ1) is 16.2. The summed E-state index contributed by atoms with van der Waals surface area (Å²) in [6, 6.07) is 6.00. The molecule has 0 spiro atoms. The van der Waals surface area contributed by atoms with Crippen molar-refractivity contribution in [2.75, 3.05) is 19.1 Å². The average Bonchev–Trinajstić information content (AvgIpc) is 2.59. The van der Waals surface area contributed by atoms with Crippen molar-refractivity contribution in [2.45, 2.75) is 6.42 Å². The average molecular weight is 318 g/mol. The van der Waals surface area contributed by atoms with E-state index < -0.39 is 16.9 Å². The molecule has 8 nitrogen and oxygen atoms in total. The molecule has 0 amide bonds. The Bertz CT molecular complexity index is 690. The molecule has 0 fully saturated rings. The number of nitro benzene ring substituents is 1. The van der Waals surface area contributed by atoms with Crippen LogP contribution in [-0.4, -0.2) is 31.1 Å². The van der Waals surface area contributed by atoms with Gasteiger partial charge in [0.1, 0.15) is 5.69 Å². The summed E-state index contributed by atoms with van der Waals surface area (Å²) in [4.78, 5) is 35.5. The van der Waals surface area contributed by atoms with E-state index in [-0.39, 0.29) is 28.9 Å². The third-order valence-corrected chi connectivity index (χ3v) is 3.22. The number of hydrogen-bond acceptors (Lipinski definition) is 7. The van der Waals surface area contributed by atoms with E-state index in [9.17, 15) is 19.7 Å². The van der Waals surface area contributed by atoms with Crippen LogP contribution in [0.3, 0.4) is 0 Å². The van der Waals surface area contributed by atoms with E-state index in [1.807, 2.05) is 0 Å². The van der Waals surface area contributed by atoms with Gasteiger partial charge in [-0.1, -0.05) is 12.1 Å². The van der Waals surface area contributed by atoms with Crippen molar-refractivity contribution >= 4 is 23.3 Å². The zero-order valence-corrected chi connectivity index (χ0v) is 12.5. The van der Waals surface area contributed by atoms with Crippen LogP contribution in [0.4, 0.5) is 11.4 Å². The maximum Gasteiger partial charge on any atom is 0.335 e. The SMILES string of the molecule is COC(=O)C1=CN(c2ccccc2[N+](=O)[O-])C=C(C(=O)OC)C1. The van der Waals surface area contributed by atoms with Crippen molar-refractivity contribution in [1.29, 1.82) is 0 Å². The van der Waals surface area contributed by atoms with Crippen molar-refractivity contribution < 1.29 is 24.0 Å². The molecule has 0 unspecified atom stereocenters. The number of anilines is 1. The van der Waals surface area contributed by atoms with Crippen LogP contribution in [0.5, 0.6) is 0 Å². The highest BCUT2D eigenvalue weighted by atomic mass is 16.6. The second-order valence-corrected chi connectivity index (χ2v) is 4.62. The highest BCUT2D eigenvalue weighted by Crippen LogP contribution is 2.32. The number of carbonyl (C=O) groups excluding carboxylic acids is 2. The lowest BCUT2D eigenvalue weighted by Gasteiger charge is -2.23. The lowest BCUT2D eigenvalue weighted by atomic mass is 10.0. The van der Waals surface area contributed by atoms with E-state index in [0.29, 0.717) is 0 Å². The Hall–Kier alpha value is -3.16. The van der Waals surface area contributed by atoms with Crippen LogP contribution < -0.4 is 4.90 Å². The molecule has 0 N–H and O–H groups in total. The topological polar surface area (TPSA) is 99.0 Å². The van der Waals surface area contributed by atoms with E-state index in [4.69, 9.17) is 0 Å². The Kier molecular flexibility index (Phi) is 4.75. The molecule has 0 radical (unpaired) electrons. The second-order valence-electron chi connectivity index (χ2n) is 4.62. The first-order valence-electron chi connectivity index (χ1n) is 6.57. The number of benzene rings is 1. The maximum atomic E-state index is 11.8. The largest absolute Gasteiger partial charge is 0.466 e. The second kappa shape index (κ2) is 6.73. The molecule has 120 valence electrons. The van der Waals surface area contributed by atoms with E-state index in [1.54, 1.807) is 6.07 Å². The van der Waals surface area contributed by atoms with Gasteiger partial charge in [0.05, 0.1) is 30.3 Å². The van der Waals surface area contributed by atoms with E-state index in [1.165, 1.54) is 49.7 Å². The molecule has 0 atom stereocenters. The van der Waals surface area contributed by atoms with Crippen LogP contribution in [0.15, 0.2) is 47.8 Å². The summed E-state index contributed by atoms with van der Waals surface area (Å²) < 4.78 is 9.33. The van der Waals surface area contributed by atoms with Gasteiger partial charge in [0, 0.05) is 24.9 Å². The van der Waals surface area contributed by atoms with Crippen LogP contribution in [0.25, 0.3) is 0 Å². The van der Waals surface area contributed by atoms with Gasteiger partial charge in [-0.2, -0.15) is 0 Å². The van der Waals surface area contributed by atoms with E-state index >= 15 is 0 Å². The first-order chi connectivity index (χ1) is 11.0. The molecule has 1 heterocycles. The summed E-state index contributed by atoms with van der Waals surface area (Å²) in [6.07, 6.45) is 2.83. The van der Waals surface area contributed by atoms with Gasteiger partial charge < -0.3 is 14.4 Å². The molecular formula is C15H14N2O6. The van der Waals surface area contributed by atoms with Crippen molar-refractivity contribution in [1.82, 2.24) is 0 Å². The Labute approximate surface area is 131 Å². The third kappa shape index (κ3) is 3.37. The highest BCUT2D eigenvalue weighted by Gasteiger charge is 2.26. The number of para-hydroxylation sites is 2. The highest BCUT2D eigenvalue weighted by molar-refractivity contribution is 5.97. The fourth-order valence-corrected chi connectivity index (χ4v) is 2.16. The molecule has 1 aromatic rings. The summed E-state index contributed by atoms with van der Waals surface area (Å²) in [5, 5.41) is 11.2. The van der Waals surface area contributed by atoms with E-state index in [2.05, 4.69) is 9.47 Å². The van der Waals surface area contributed by atoms with E-state index in [0.717, 1.165) is 0 Å². The number of nitro groups is 1. The number of rotatable bonds is 4. The summed E-state index contributed by atoms with van der Waals surface area (Å²) in [5.74, 6) is -1.24. The minimum absolute atomic E-state index is 0.0243. The van der Waals surface area contributed by atoms with Crippen LogP contribution in [-0.2, 0) is 19.1 Å². The Morgan fingerprint density at radius 2 is 1.61 bits per heavy atom. The molecule has 1 aromatic carbocycles. The monoisotopic (exact) mass is 318 g/mol. The molecule has 0 bridgehead atoms. The molecule has 0 aromatic heterocycles. The summed E-state index contributed by atoms with van der Waals surface area (Å²) in [5.41, 5.74) is 0.442. The quantitative estimate of drug-likeness (QED) is 0.475. The van der Waals surface area contributed by atoms with Gasteiger partial charge >= 0.3 is 11.9 Å². The number of nitrogens with zero attached hydrogens (tertiary/aromatic N) is 2. The van der Waals surface area contributed by atoms with Gasteiger partial charge in [0.2, 0.25) is 0 Å². The first-order valence-corrected chi connectivity index (χ1v) is 6.57. The number of hydrogen-bond donors (Lipinski definition) is 0. The molecular weight excluding hydrogens is 304 g/mol. The Balaban J connectivity index is 2.53. The van der Waals surface area contributed by atoms with Gasteiger partial charge in [-0.15, -0.1) is 0 Å². The van der Waals surface area contributed by atoms with Crippen LogP contribution in [0.1, 0.15) is 6.42 Å². The predicted octanol–water partition coefficient (Wildman–Crippen LogP) is 1.92. The lowest BCUT2D eigenvalue weighted by molar-refractivity contribution is -0.384. The number of esters is 2. The van der Waals surface area contributed by atoms with Crippen molar-refractivity contribution in [3.8, 4) is 0 Å². The number of carbonyl (C=O) groups is 2. The Morgan fingerprint density at radius 3 is 2.09 bits per heavy atom. The lowest BCUT2D eigenvalue weighted by Crippen LogP contribution is -2.22. The molecule has 0 saturated carbocycles. The maximum absolute atomic E-state index is 11.8. The number of ether oxygens (including phenoxy) is 2. The van der Waals surface area contributed by atoms with Crippen molar-refractivity contribution in [2.24, 2.45) is 0 Å². The van der Waals surface area contributed by atoms with Gasteiger partial charge in [-0.25, -0.2) is 9.59 Å². The third-order valence-electron chi connectivity index (χ3n) is 3.22. The molecule has 23 heavy (non-hydrogen) atoms. The van der Waals surface area contributed by atoms with Gasteiger partial charge in [-0.3, -0.25) is 10.1 Å². The molecule has 2 rings (SSSR count). The molecule has 1 aliphatic rings. The fourth-order valence-electron chi connectivity index (χ4n) is 2.16. The molecule has 0 aliphatic carbocycles. The smallest absolute Gasteiger partial charge is 0.335 e. The predicted molar refractivity (Wildman–Crippen MR) is 80.4 cm³/mol. The zero-order valence-electron chi connectivity index (χ0n) is 12.5. The van der Waals surface area contributed by atoms with Crippen LogP contribution >= 0.6 is 0 Å². The minimum Gasteiger partial charge on any atom is -0.466 e. The fraction of sp³-hybridized carbons (Fsp3) is 0.200. The van der Waals surface area contributed by atoms with Crippen molar-refractivity contribution in [3.63, 3.8) is 0 Å². The van der Waals surface area contributed by atoms with Gasteiger partial charge in [-0.05, 0) is 6.07 Å². The zero-order chi connectivity index (χ0) is 17.0. The summed E-state index contributed by atoms with van der Waals surface area (Å²) >= 11 is 0. The summed E-state index contributed by atoms with van der Waals surface area (Å²) in [7, 11) is 2.43. The van der Waals surface area contributed by atoms with Crippen LogP contribution in [0, 0.1) is 10.1 Å². The van der Waals surface area contributed by atoms with Gasteiger partial charge in [0.15, 0.2) is 0 Å².